The lowest BCUT2D eigenvalue weighted by Crippen LogP contribution is -2.70. The first-order chi connectivity index (χ1) is 13.9. The maximum absolute atomic E-state index is 12.9. The van der Waals surface area contributed by atoms with Gasteiger partial charge in [-0.3, -0.25) is 4.79 Å². The molecule has 2 N–H and O–H groups in total. The molecule has 3 heterocycles. The number of aliphatic hydroxyl groups excluding tert-OH is 2. The van der Waals surface area contributed by atoms with Gasteiger partial charge in [-0.05, 0) is 25.5 Å². The minimum absolute atomic E-state index is 0.157. The van der Waals surface area contributed by atoms with E-state index in [1.54, 1.807) is 11.0 Å². The van der Waals surface area contributed by atoms with E-state index >= 15 is 0 Å². The van der Waals surface area contributed by atoms with Gasteiger partial charge in [0.05, 0.1) is 19.3 Å². The average Bonchev–Trinajstić information content (AvgIpc) is 3.07. The molecule has 2 fully saturated rings. The van der Waals surface area contributed by atoms with Crippen molar-refractivity contribution in [3.05, 3.63) is 48.0 Å². The maximum Gasteiger partial charge on any atom is 0.254 e. The van der Waals surface area contributed by atoms with E-state index in [0.717, 1.165) is 5.56 Å². The summed E-state index contributed by atoms with van der Waals surface area (Å²) in [5.74, 6) is -0.879. The summed E-state index contributed by atoms with van der Waals surface area (Å²) >= 11 is 0. The van der Waals surface area contributed by atoms with Crippen LogP contribution in [0.1, 0.15) is 19.4 Å². The lowest BCUT2D eigenvalue weighted by molar-refractivity contribution is -0.243. The first kappa shape index (κ1) is 20.5. The molecule has 3 aliphatic rings. The van der Waals surface area contributed by atoms with Gasteiger partial charge in [0.25, 0.3) is 5.91 Å². The van der Waals surface area contributed by atoms with Crippen LogP contribution in [0.4, 0.5) is 0 Å². The van der Waals surface area contributed by atoms with Crippen molar-refractivity contribution < 1.29 is 34.0 Å². The van der Waals surface area contributed by atoms with Crippen molar-refractivity contribution in [1.29, 1.82) is 0 Å². The lowest BCUT2D eigenvalue weighted by atomic mass is 9.91. The minimum atomic E-state index is -0.908. The topological polar surface area (TPSA) is 97.7 Å². The zero-order chi connectivity index (χ0) is 20.6. The number of β-lactam (4-membered cyclic amide) rings is 1. The van der Waals surface area contributed by atoms with Gasteiger partial charge in [0, 0.05) is 6.54 Å². The molecule has 6 atom stereocenters. The smallest absolute Gasteiger partial charge is 0.254 e. The molecule has 29 heavy (non-hydrogen) atoms. The number of nitrogens with zero attached hydrogens (tertiary/aromatic N) is 1. The molecule has 3 aliphatic heterocycles. The number of hydrogen-bond donors (Lipinski definition) is 2. The Kier molecular flexibility index (Phi) is 5.74. The number of carbonyl (C=O) groups is 1. The second-order valence-corrected chi connectivity index (χ2v) is 7.97. The standard InChI is InChI=1S/C21H27NO7/c1-21(2)26-12-16(29-21)18-19(28-17-9-8-14(24)15(11-23)27-17)20(25)22(18)10-13-6-4-3-5-7-13/h3-9,14-19,23-24H,10-12H2,1-2H3/t14-,15+,16+,17+,18-,19+/m0/s1. The fraction of sp³-hybridized carbons (Fsp3) is 0.571. The SMILES string of the molecule is CC1(C)OC[C@H]([C@H]2[C@@H](O[C@@H]3C=C[C@H](O)[C@@H](CO)O3)C(=O)N2Cc2ccccc2)O1. The van der Waals surface area contributed by atoms with E-state index in [9.17, 15) is 15.0 Å². The summed E-state index contributed by atoms with van der Waals surface area (Å²) in [5.41, 5.74) is 1.01. The zero-order valence-corrected chi connectivity index (χ0v) is 16.5. The molecule has 1 amide bonds. The number of benzene rings is 1. The number of aliphatic hydroxyl groups is 2. The second-order valence-electron chi connectivity index (χ2n) is 7.97. The Morgan fingerprint density at radius 3 is 2.66 bits per heavy atom. The molecule has 0 aliphatic carbocycles. The zero-order valence-electron chi connectivity index (χ0n) is 16.5. The number of likely N-dealkylation sites (tertiary alicyclic amines) is 1. The van der Waals surface area contributed by atoms with E-state index in [2.05, 4.69) is 0 Å². The average molecular weight is 405 g/mol. The molecule has 0 spiro atoms. The van der Waals surface area contributed by atoms with Crippen molar-refractivity contribution in [2.45, 2.75) is 62.9 Å². The predicted octanol–water partition coefficient (Wildman–Crippen LogP) is 0.568. The van der Waals surface area contributed by atoms with Crippen molar-refractivity contribution in [2.75, 3.05) is 13.2 Å². The van der Waals surface area contributed by atoms with Gasteiger partial charge in [-0.1, -0.05) is 36.4 Å². The van der Waals surface area contributed by atoms with Gasteiger partial charge >= 0.3 is 0 Å². The van der Waals surface area contributed by atoms with Crippen LogP contribution in [0.5, 0.6) is 0 Å². The molecule has 0 radical (unpaired) electrons. The minimum Gasteiger partial charge on any atom is -0.394 e. The molecular weight excluding hydrogens is 378 g/mol. The Morgan fingerprint density at radius 2 is 2.00 bits per heavy atom. The summed E-state index contributed by atoms with van der Waals surface area (Å²) in [7, 11) is 0. The molecule has 0 aromatic heterocycles. The quantitative estimate of drug-likeness (QED) is 0.527. The van der Waals surface area contributed by atoms with Crippen LogP contribution in [0.15, 0.2) is 42.5 Å². The van der Waals surface area contributed by atoms with Gasteiger partial charge < -0.3 is 34.1 Å². The van der Waals surface area contributed by atoms with E-state index < -0.39 is 30.4 Å². The van der Waals surface area contributed by atoms with Crippen molar-refractivity contribution in [3.8, 4) is 0 Å². The highest BCUT2D eigenvalue weighted by atomic mass is 16.7. The van der Waals surface area contributed by atoms with Crippen LogP contribution in [-0.4, -0.2) is 76.8 Å². The Labute approximate surface area is 169 Å². The molecule has 0 bridgehead atoms. The molecule has 8 heteroatoms. The first-order valence-corrected chi connectivity index (χ1v) is 9.82. The summed E-state index contributed by atoms with van der Waals surface area (Å²) in [6.45, 7) is 4.14. The van der Waals surface area contributed by atoms with E-state index in [-0.39, 0.29) is 24.7 Å². The van der Waals surface area contributed by atoms with Crippen molar-refractivity contribution >= 4 is 5.91 Å². The van der Waals surface area contributed by atoms with E-state index in [0.29, 0.717) is 13.2 Å². The Morgan fingerprint density at radius 1 is 1.24 bits per heavy atom. The van der Waals surface area contributed by atoms with Gasteiger partial charge in [0.1, 0.15) is 18.3 Å². The molecular formula is C21H27NO7. The summed E-state index contributed by atoms with van der Waals surface area (Å²) in [5, 5.41) is 19.1. The summed E-state index contributed by atoms with van der Waals surface area (Å²) in [6, 6.07) is 9.40. The molecule has 0 unspecified atom stereocenters. The van der Waals surface area contributed by atoms with Crippen LogP contribution in [0.25, 0.3) is 0 Å². The fourth-order valence-electron chi connectivity index (χ4n) is 3.92. The highest BCUT2D eigenvalue weighted by molar-refractivity contribution is 5.88. The van der Waals surface area contributed by atoms with Crippen LogP contribution in [0, 0.1) is 0 Å². The van der Waals surface area contributed by atoms with E-state index in [1.165, 1.54) is 6.08 Å². The number of amides is 1. The first-order valence-electron chi connectivity index (χ1n) is 9.82. The highest BCUT2D eigenvalue weighted by Gasteiger charge is 2.56. The third kappa shape index (κ3) is 4.23. The van der Waals surface area contributed by atoms with Crippen LogP contribution in [0.2, 0.25) is 0 Å². The maximum atomic E-state index is 12.9. The summed E-state index contributed by atoms with van der Waals surface area (Å²) < 4.78 is 23.2. The number of rotatable bonds is 6. The van der Waals surface area contributed by atoms with Crippen LogP contribution in [-0.2, 0) is 30.3 Å². The van der Waals surface area contributed by atoms with Gasteiger partial charge in [-0.2, -0.15) is 0 Å². The van der Waals surface area contributed by atoms with Crippen molar-refractivity contribution in [1.82, 2.24) is 4.90 Å². The van der Waals surface area contributed by atoms with Crippen LogP contribution in [0.3, 0.4) is 0 Å². The normalized spacial score (nSPS) is 36.3. The van der Waals surface area contributed by atoms with E-state index in [4.69, 9.17) is 18.9 Å². The van der Waals surface area contributed by atoms with Gasteiger partial charge in [0.2, 0.25) is 0 Å². The third-order valence-corrected chi connectivity index (χ3v) is 5.42. The van der Waals surface area contributed by atoms with Gasteiger partial charge in [-0.25, -0.2) is 0 Å². The Bertz CT molecular complexity index is 753. The summed E-state index contributed by atoms with van der Waals surface area (Å²) in [4.78, 5) is 14.6. The third-order valence-electron chi connectivity index (χ3n) is 5.42. The Balaban J connectivity index is 1.50. The van der Waals surface area contributed by atoms with Crippen molar-refractivity contribution in [3.63, 3.8) is 0 Å². The van der Waals surface area contributed by atoms with Crippen molar-refractivity contribution in [2.24, 2.45) is 0 Å². The molecule has 4 rings (SSSR count). The molecule has 1 aromatic rings. The largest absolute Gasteiger partial charge is 0.394 e. The Hall–Kier alpha value is -1.81. The molecule has 1 aromatic carbocycles. The van der Waals surface area contributed by atoms with Gasteiger partial charge in [0.15, 0.2) is 18.2 Å². The molecule has 8 nitrogen and oxygen atoms in total. The predicted molar refractivity (Wildman–Crippen MR) is 101 cm³/mol. The number of carbonyl (C=O) groups excluding carboxylic acids is 1. The lowest BCUT2D eigenvalue weighted by Gasteiger charge is -2.49. The van der Waals surface area contributed by atoms with Crippen LogP contribution < -0.4 is 0 Å². The number of hydrogen-bond acceptors (Lipinski definition) is 7. The molecule has 2 saturated heterocycles. The van der Waals surface area contributed by atoms with E-state index in [1.807, 2.05) is 44.2 Å². The summed E-state index contributed by atoms with van der Waals surface area (Å²) in [6.07, 6.45) is -0.557. The molecule has 158 valence electrons. The highest BCUT2D eigenvalue weighted by Crippen LogP contribution is 2.36. The fourth-order valence-corrected chi connectivity index (χ4v) is 3.92. The second kappa shape index (κ2) is 8.14. The van der Waals surface area contributed by atoms with Gasteiger partial charge in [-0.15, -0.1) is 0 Å². The van der Waals surface area contributed by atoms with Crippen LogP contribution >= 0.6 is 0 Å². The molecule has 0 saturated carbocycles. The monoisotopic (exact) mass is 405 g/mol. The number of ether oxygens (including phenoxy) is 4.